The Morgan fingerprint density at radius 1 is 1.18 bits per heavy atom. The number of piperazine rings is 1. The average molecular weight is 298 g/mol. The fraction of sp³-hybridized carbons (Fsp3) is 0.375. The Labute approximate surface area is 128 Å². The van der Waals surface area contributed by atoms with Crippen molar-refractivity contribution in [3.63, 3.8) is 0 Å². The molecule has 2 aromatic rings. The Kier molecular flexibility index (Phi) is 3.11. The van der Waals surface area contributed by atoms with Gasteiger partial charge < -0.3 is 15.3 Å². The van der Waals surface area contributed by atoms with E-state index in [1.54, 1.807) is 30.3 Å². The van der Waals surface area contributed by atoms with Gasteiger partial charge in [-0.25, -0.2) is 0 Å². The molecule has 2 aliphatic heterocycles. The van der Waals surface area contributed by atoms with Crippen LogP contribution >= 0.6 is 0 Å². The van der Waals surface area contributed by atoms with Crippen molar-refractivity contribution in [2.75, 3.05) is 13.1 Å². The van der Waals surface area contributed by atoms with E-state index < -0.39 is 0 Å². The lowest BCUT2D eigenvalue weighted by atomic mass is 10.1. The molecule has 6 nitrogen and oxygen atoms in total. The zero-order valence-electron chi connectivity index (χ0n) is 12.1. The number of H-pyrrole nitrogens is 1. The first kappa shape index (κ1) is 13.3. The topological polar surface area (TPSA) is 81.2 Å². The molecule has 1 aromatic carbocycles. The van der Waals surface area contributed by atoms with Crippen LogP contribution < -0.4 is 5.32 Å². The summed E-state index contributed by atoms with van der Waals surface area (Å²) < 4.78 is 0. The lowest BCUT2D eigenvalue weighted by molar-refractivity contribution is 0.0613. The maximum absolute atomic E-state index is 12.7. The summed E-state index contributed by atoms with van der Waals surface area (Å²) in [5.74, 6) is 0.250. The number of aromatic nitrogens is 2. The van der Waals surface area contributed by atoms with Crippen molar-refractivity contribution in [3.8, 4) is 17.0 Å². The maximum Gasteiger partial charge on any atom is 0.272 e. The molecule has 3 heterocycles. The van der Waals surface area contributed by atoms with Crippen molar-refractivity contribution in [3.05, 3.63) is 36.0 Å². The highest BCUT2D eigenvalue weighted by Gasteiger charge is 2.40. The Morgan fingerprint density at radius 3 is 2.55 bits per heavy atom. The highest BCUT2D eigenvalue weighted by atomic mass is 16.3. The van der Waals surface area contributed by atoms with Crippen LogP contribution in [0.3, 0.4) is 0 Å². The number of fused-ring (bicyclic) bond motifs is 2. The number of aromatic hydroxyl groups is 1. The molecular weight excluding hydrogens is 280 g/mol. The van der Waals surface area contributed by atoms with Crippen LogP contribution in [0.15, 0.2) is 30.3 Å². The number of hydrogen-bond acceptors (Lipinski definition) is 4. The van der Waals surface area contributed by atoms with Gasteiger partial charge in [0.2, 0.25) is 0 Å². The molecule has 6 heteroatoms. The average Bonchev–Trinajstić information content (AvgIpc) is 3.11. The third kappa shape index (κ3) is 2.16. The SMILES string of the molecule is O=C(c1cc(-c2ccc(O)cc2)n[nH]1)N1C2CCC1CNC2. The number of rotatable bonds is 2. The largest absolute Gasteiger partial charge is 0.508 e. The molecule has 4 rings (SSSR count). The number of amides is 1. The molecule has 0 radical (unpaired) electrons. The van der Waals surface area contributed by atoms with Crippen LogP contribution in [0.1, 0.15) is 23.3 Å². The Morgan fingerprint density at radius 2 is 1.86 bits per heavy atom. The molecule has 2 fully saturated rings. The minimum atomic E-state index is 0.0338. The molecule has 114 valence electrons. The van der Waals surface area contributed by atoms with Crippen molar-refractivity contribution in [1.82, 2.24) is 20.4 Å². The fourth-order valence-electron chi connectivity index (χ4n) is 3.46. The molecule has 2 saturated heterocycles. The van der Waals surface area contributed by atoms with Gasteiger partial charge in [-0.1, -0.05) is 0 Å². The minimum absolute atomic E-state index is 0.0338. The summed E-state index contributed by atoms with van der Waals surface area (Å²) in [6.07, 6.45) is 2.14. The molecule has 2 atom stereocenters. The molecule has 2 unspecified atom stereocenters. The van der Waals surface area contributed by atoms with Gasteiger partial charge in [-0.3, -0.25) is 9.89 Å². The monoisotopic (exact) mass is 298 g/mol. The second kappa shape index (κ2) is 5.14. The van der Waals surface area contributed by atoms with Crippen LogP contribution in [0.5, 0.6) is 5.75 Å². The lowest BCUT2D eigenvalue weighted by Crippen LogP contribution is -2.54. The van der Waals surface area contributed by atoms with Crippen LogP contribution in [0.4, 0.5) is 0 Å². The van der Waals surface area contributed by atoms with E-state index in [0.29, 0.717) is 23.5 Å². The second-order valence-corrected chi connectivity index (χ2v) is 5.97. The Bertz CT molecular complexity index is 678. The van der Waals surface area contributed by atoms with E-state index in [1.807, 2.05) is 4.90 Å². The van der Waals surface area contributed by atoms with Crippen molar-refractivity contribution in [2.45, 2.75) is 24.9 Å². The zero-order valence-corrected chi connectivity index (χ0v) is 12.1. The summed E-state index contributed by atoms with van der Waals surface area (Å²) in [5, 5.41) is 19.8. The molecule has 0 spiro atoms. The number of phenolic OH excluding ortho intramolecular Hbond substituents is 1. The molecule has 0 saturated carbocycles. The number of aromatic amines is 1. The number of nitrogens with zero attached hydrogens (tertiary/aromatic N) is 2. The smallest absolute Gasteiger partial charge is 0.272 e. The van der Waals surface area contributed by atoms with Crippen LogP contribution in [-0.4, -0.2) is 51.3 Å². The van der Waals surface area contributed by atoms with Crippen LogP contribution in [0, 0.1) is 0 Å². The highest BCUT2D eigenvalue weighted by molar-refractivity contribution is 5.94. The lowest BCUT2D eigenvalue weighted by Gasteiger charge is -2.34. The predicted octanol–water partition coefficient (Wildman–Crippen LogP) is 1.36. The summed E-state index contributed by atoms with van der Waals surface area (Å²) in [6, 6.07) is 9.18. The molecule has 1 amide bonds. The third-order valence-corrected chi connectivity index (χ3v) is 4.59. The first-order valence-corrected chi connectivity index (χ1v) is 7.60. The van der Waals surface area contributed by atoms with Gasteiger partial charge in [-0.2, -0.15) is 5.10 Å². The zero-order chi connectivity index (χ0) is 15.1. The number of carbonyl (C=O) groups excluding carboxylic acids is 1. The van der Waals surface area contributed by atoms with Gasteiger partial charge in [0.25, 0.3) is 5.91 Å². The van der Waals surface area contributed by atoms with Crippen LogP contribution in [0.2, 0.25) is 0 Å². The number of benzene rings is 1. The fourth-order valence-corrected chi connectivity index (χ4v) is 3.46. The summed E-state index contributed by atoms with van der Waals surface area (Å²) in [4.78, 5) is 14.8. The standard InChI is InChI=1S/C16H18N4O2/c21-13-5-1-10(2-6-13)14-7-15(19-18-14)16(22)20-11-3-4-12(20)9-17-8-11/h1-2,5-7,11-12,17,21H,3-4,8-9H2,(H,18,19). The quantitative estimate of drug-likeness (QED) is 0.782. The van der Waals surface area contributed by atoms with E-state index in [9.17, 15) is 9.90 Å². The summed E-state index contributed by atoms with van der Waals surface area (Å²) in [7, 11) is 0. The second-order valence-electron chi connectivity index (χ2n) is 5.97. The van der Waals surface area contributed by atoms with Crippen molar-refractivity contribution < 1.29 is 9.90 Å². The van der Waals surface area contributed by atoms with E-state index in [1.165, 1.54) is 0 Å². The molecule has 2 aliphatic rings. The maximum atomic E-state index is 12.7. The van der Waals surface area contributed by atoms with Gasteiger partial charge in [0.15, 0.2) is 0 Å². The summed E-state index contributed by atoms with van der Waals surface area (Å²) >= 11 is 0. The first-order chi connectivity index (χ1) is 10.7. The molecular formula is C16H18N4O2. The first-order valence-electron chi connectivity index (χ1n) is 7.60. The normalized spacial score (nSPS) is 23.7. The van der Waals surface area contributed by atoms with Gasteiger partial charge in [-0.05, 0) is 43.2 Å². The highest BCUT2D eigenvalue weighted by Crippen LogP contribution is 2.29. The van der Waals surface area contributed by atoms with Gasteiger partial charge >= 0.3 is 0 Å². The van der Waals surface area contributed by atoms with Crippen molar-refractivity contribution in [1.29, 1.82) is 0 Å². The van der Waals surface area contributed by atoms with E-state index in [4.69, 9.17) is 0 Å². The molecule has 22 heavy (non-hydrogen) atoms. The van der Waals surface area contributed by atoms with E-state index in [0.717, 1.165) is 31.5 Å². The molecule has 1 aromatic heterocycles. The van der Waals surface area contributed by atoms with Crippen LogP contribution in [0.25, 0.3) is 11.3 Å². The Hall–Kier alpha value is -2.34. The number of carbonyl (C=O) groups is 1. The number of hydrogen-bond donors (Lipinski definition) is 3. The molecule has 3 N–H and O–H groups in total. The summed E-state index contributed by atoms with van der Waals surface area (Å²) in [5.41, 5.74) is 2.11. The van der Waals surface area contributed by atoms with Gasteiger partial charge in [-0.15, -0.1) is 0 Å². The Balaban J connectivity index is 1.59. The number of nitrogens with one attached hydrogen (secondary N) is 2. The number of phenols is 1. The van der Waals surface area contributed by atoms with E-state index in [-0.39, 0.29) is 11.7 Å². The minimum Gasteiger partial charge on any atom is -0.508 e. The predicted molar refractivity (Wildman–Crippen MR) is 81.5 cm³/mol. The summed E-state index contributed by atoms with van der Waals surface area (Å²) in [6.45, 7) is 1.75. The van der Waals surface area contributed by atoms with Gasteiger partial charge in [0.05, 0.1) is 5.69 Å². The van der Waals surface area contributed by atoms with Crippen LogP contribution in [-0.2, 0) is 0 Å². The van der Waals surface area contributed by atoms with Crippen molar-refractivity contribution >= 4 is 5.91 Å². The molecule has 2 bridgehead atoms. The molecule has 0 aliphatic carbocycles. The van der Waals surface area contributed by atoms with E-state index >= 15 is 0 Å². The van der Waals surface area contributed by atoms with E-state index in [2.05, 4.69) is 15.5 Å². The third-order valence-electron chi connectivity index (χ3n) is 4.59. The van der Waals surface area contributed by atoms with Gasteiger partial charge in [0, 0.05) is 30.7 Å². The van der Waals surface area contributed by atoms with Gasteiger partial charge in [0.1, 0.15) is 11.4 Å². The van der Waals surface area contributed by atoms with Crippen molar-refractivity contribution in [2.24, 2.45) is 0 Å².